The van der Waals surface area contributed by atoms with Gasteiger partial charge in [0.1, 0.15) is 0 Å². The second-order valence-corrected chi connectivity index (χ2v) is 4.60. The van der Waals surface area contributed by atoms with Crippen LogP contribution >= 0.6 is 0 Å². The van der Waals surface area contributed by atoms with Gasteiger partial charge in [-0.2, -0.15) is 0 Å². The van der Waals surface area contributed by atoms with Gasteiger partial charge in [0.05, 0.1) is 5.92 Å². The average Bonchev–Trinajstić information content (AvgIpc) is 2.65. The summed E-state index contributed by atoms with van der Waals surface area (Å²) in [6.45, 7) is 2.95. The Labute approximate surface area is 95.4 Å². The number of amides is 1. The highest BCUT2D eigenvalue weighted by molar-refractivity contribution is 5.76. The van der Waals surface area contributed by atoms with E-state index < -0.39 is 5.97 Å². The molecule has 92 valence electrons. The van der Waals surface area contributed by atoms with E-state index in [1.54, 1.807) is 6.92 Å². The number of rotatable bonds is 6. The van der Waals surface area contributed by atoms with Gasteiger partial charge >= 0.3 is 5.97 Å². The van der Waals surface area contributed by atoms with E-state index >= 15 is 0 Å². The predicted molar refractivity (Wildman–Crippen MR) is 59.7 cm³/mol. The summed E-state index contributed by atoms with van der Waals surface area (Å²) >= 11 is 0. The fourth-order valence-electron chi connectivity index (χ4n) is 2.19. The molecule has 0 aromatic heterocycles. The Morgan fingerprint density at radius 1 is 1.50 bits per heavy atom. The Balaban J connectivity index is 2.27. The summed E-state index contributed by atoms with van der Waals surface area (Å²) in [7, 11) is 0. The van der Waals surface area contributed by atoms with Crippen LogP contribution in [0, 0.1) is 17.8 Å². The van der Waals surface area contributed by atoms with Crippen LogP contribution < -0.4 is 11.1 Å². The van der Waals surface area contributed by atoms with Crippen molar-refractivity contribution in [2.24, 2.45) is 23.5 Å². The summed E-state index contributed by atoms with van der Waals surface area (Å²) < 4.78 is 0. The molecule has 0 saturated heterocycles. The Kier molecular flexibility index (Phi) is 4.73. The summed E-state index contributed by atoms with van der Waals surface area (Å²) in [5, 5.41) is 12.1. The minimum absolute atomic E-state index is 0.192. The average molecular weight is 228 g/mol. The second-order valence-electron chi connectivity index (χ2n) is 4.60. The molecule has 4 N–H and O–H groups in total. The number of nitrogens with two attached hydrogens (primary N) is 1. The van der Waals surface area contributed by atoms with Crippen molar-refractivity contribution in [2.45, 2.75) is 26.2 Å². The molecule has 0 aliphatic heterocycles. The normalized spacial score (nSPS) is 26.6. The summed E-state index contributed by atoms with van der Waals surface area (Å²) in [6, 6.07) is 0. The molecule has 1 saturated carbocycles. The van der Waals surface area contributed by atoms with E-state index in [0.29, 0.717) is 13.1 Å². The molecule has 0 bridgehead atoms. The van der Waals surface area contributed by atoms with Crippen molar-refractivity contribution < 1.29 is 14.7 Å². The van der Waals surface area contributed by atoms with Gasteiger partial charge in [-0.3, -0.25) is 9.59 Å². The SMILES string of the molecule is CC(CNCC1CCCC1C(=O)O)C(N)=O. The highest BCUT2D eigenvalue weighted by Crippen LogP contribution is 2.31. The third-order valence-electron chi connectivity index (χ3n) is 3.32. The molecule has 1 amide bonds. The lowest BCUT2D eigenvalue weighted by Crippen LogP contribution is -2.35. The van der Waals surface area contributed by atoms with Gasteiger partial charge in [-0.15, -0.1) is 0 Å². The number of carbonyl (C=O) groups is 2. The van der Waals surface area contributed by atoms with Crippen LogP contribution in [-0.4, -0.2) is 30.1 Å². The number of nitrogens with one attached hydrogen (secondary N) is 1. The first-order valence-electron chi connectivity index (χ1n) is 5.75. The Bertz CT molecular complexity index is 268. The van der Waals surface area contributed by atoms with Gasteiger partial charge in [0, 0.05) is 12.5 Å². The van der Waals surface area contributed by atoms with E-state index in [0.717, 1.165) is 19.3 Å². The lowest BCUT2D eigenvalue weighted by molar-refractivity contribution is -0.142. The Morgan fingerprint density at radius 3 is 2.75 bits per heavy atom. The van der Waals surface area contributed by atoms with E-state index in [-0.39, 0.29) is 23.7 Å². The smallest absolute Gasteiger partial charge is 0.306 e. The number of aliphatic carboxylic acids is 1. The fourth-order valence-corrected chi connectivity index (χ4v) is 2.19. The Hall–Kier alpha value is -1.10. The molecule has 0 aromatic carbocycles. The van der Waals surface area contributed by atoms with Crippen LogP contribution in [0.2, 0.25) is 0 Å². The topological polar surface area (TPSA) is 92.4 Å². The zero-order chi connectivity index (χ0) is 12.1. The van der Waals surface area contributed by atoms with E-state index in [1.165, 1.54) is 0 Å². The fraction of sp³-hybridized carbons (Fsp3) is 0.818. The first kappa shape index (κ1) is 13.0. The van der Waals surface area contributed by atoms with E-state index in [9.17, 15) is 9.59 Å². The standard InChI is InChI=1S/C11H20N2O3/c1-7(10(12)14)5-13-6-8-3-2-4-9(8)11(15)16/h7-9,13H,2-6H2,1H3,(H2,12,14)(H,15,16). The largest absolute Gasteiger partial charge is 0.481 e. The van der Waals surface area contributed by atoms with E-state index in [1.807, 2.05) is 0 Å². The first-order valence-corrected chi connectivity index (χ1v) is 5.75. The number of carbonyl (C=O) groups excluding carboxylic acids is 1. The van der Waals surface area contributed by atoms with Crippen molar-refractivity contribution in [1.29, 1.82) is 0 Å². The van der Waals surface area contributed by atoms with Crippen molar-refractivity contribution in [2.75, 3.05) is 13.1 Å². The molecule has 1 rings (SSSR count). The van der Waals surface area contributed by atoms with Gasteiger partial charge in [0.25, 0.3) is 0 Å². The molecule has 5 heteroatoms. The van der Waals surface area contributed by atoms with Crippen molar-refractivity contribution in [1.82, 2.24) is 5.32 Å². The van der Waals surface area contributed by atoms with Crippen LogP contribution in [0.5, 0.6) is 0 Å². The molecular formula is C11H20N2O3. The molecule has 3 unspecified atom stereocenters. The first-order chi connectivity index (χ1) is 7.52. The molecule has 0 spiro atoms. The Morgan fingerprint density at radius 2 is 2.19 bits per heavy atom. The third-order valence-corrected chi connectivity index (χ3v) is 3.32. The molecule has 3 atom stereocenters. The van der Waals surface area contributed by atoms with E-state index in [4.69, 9.17) is 10.8 Å². The van der Waals surface area contributed by atoms with Crippen LogP contribution in [-0.2, 0) is 9.59 Å². The van der Waals surface area contributed by atoms with Crippen LogP contribution in [0.3, 0.4) is 0 Å². The molecule has 1 aliphatic rings. The van der Waals surface area contributed by atoms with Crippen molar-refractivity contribution in [3.63, 3.8) is 0 Å². The van der Waals surface area contributed by atoms with Gasteiger partial charge in [-0.1, -0.05) is 13.3 Å². The quantitative estimate of drug-likeness (QED) is 0.605. The van der Waals surface area contributed by atoms with Gasteiger partial charge in [-0.05, 0) is 25.3 Å². The number of hydrogen-bond donors (Lipinski definition) is 3. The number of primary amides is 1. The summed E-state index contributed by atoms with van der Waals surface area (Å²) in [5.41, 5.74) is 5.13. The number of carboxylic acids is 1. The molecule has 0 aromatic rings. The number of hydrogen-bond acceptors (Lipinski definition) is 3. The highest BCUT2D eigenvalue weighted by Gasteiger charge is 2.32. The lowest BCUT2D eigenvalue weighted by atomic mass is 9.96. The minimum Gasteiger partial charge on any atom is -0.481 e. The molecular weight excluding hydrogens is 208 g/mol. The van der Waals surface area contributed by atoms with Crippen molar-refractivity contribution >= 4 is 11.9 Å². The summed E-state index contributed by atoms with van der Waals surface area (Å²) in [6.07, 6.45) is 2.71. The zero-order valence-corrected chi connectivity index (χ0v) is 9.61. The zero-order valence-electron chi connectivity index (χ0n) is 9.61. The van der Waals surface area contributed by atoms with E-state index in [2.05, 4.69) is 5.32 Å². The van der Waals surface area contributed by atoms with Gasteiger partial charge < -0.3 is 16.2 Å². The summed E-state index contributed by atoms with van der Waals surface area (Å²) in [5.74, 6) is -1.26. The molecule has 16 heavy (non-hydrogen) atoms. The molecule has 1 aliphatic carbocycles. The predicted octanol–water partition coefficient (Wildman–Crippen LogP) is 0.198. The van der Waals surface area contributed by atoms with Gasteiger partial charge in [0.2, 0.25) is 5.91 Å². The minimum atomic E-state index is -0.702. The van der Waals surface area contributed by atoms with Crippen molar-refractivity contribution in [3.8, 4) is 0 Å². The third kappa shape index (κ3) is 3.48. The maximum atomic E-state index is 10.9. The van der Waals surface area contributed by atoms with Crippen LogP contribution in [0.15, 0.2) is 0 Å². The number of carboxylic acid groups (broad SMARTS) is 1. The highest BCUT2D eigenvalue weighted by atomic mass is 16.4. The monoisotopic (exact) mass is 228 g/mol. The molecule has 5 nitrogen and oxygen atoms in total. The second kappa shape index (κ2) is 5.84. The molecule has 0 heterocycles. The maximum absolute atomic E-state index is 10.9. The van der Waals surface area contributed by atoms with Gasteiger partial charge in [-0.25, -0.2) is 0 Å². The van der Waals surface area contributed by atoms with Crippen LogP contribution in [0.1, 0.15) is 26.2 Å². The summed E-state index contributed by atoms with van der Waals surface area (Å²) in [4.78, 5) is 21.7. The molecule has 0 radical (unpaired) electrons. The lowest BCUT2D eigenvalue weighted by Gasteiger charge is -2.17. The van der Waals surface area contributed by atoms with Gasteiger partial charge in [0.15, 0.2) is 0 Å². The maximum Gasteiger partial charge on any atom is 0.306 e. The van der Waals surface area contributed by atoms with Crippen LogP contribution in [0.25, 0.3) is 0 Å². The van der Waals surface area contributed by atoms with Crippen LogP contribution in [0.4, 0.5) is 0 Å². The molecule has 1 fully saturated rings. The van der Waals surface area contributed by atoms with Crippen molar-refractivity contribution in [3.05, 3.63) is 0 Å².